The first-order valence-electron chi connectivity index (χ1n) is 8.90. The van der Waals surface area contributed by atoms with Crippen LogP contribution in [0.25, 0.3) is 10.9 Å². The Balaban J connectivity index is 0.00000261. The molecule has 1 unspecified atom stereocenters. The van der Waals surface area contributed by atoms with Crippen molar-refractivity contribution in [3.63, 3.8) is 0 Å². The normalized spacial score (nSPS) is 12.6. The van der Waals surface area contributed by atoms with E-state index in [0.717, 1.165) is 11.9 Å². The van der Waals surface area contributed by atoms with Gasteiger partial charge in [-0.3, -0.25) is 0 Å². The molecule has 0 spiro atoms. The number of rotatable bonds is 8. The minimum atomic E-state index is -0.614. The topological polar surface area (TPSA) is 83.3 Å². The molecule has 5 N–H and O–H groups in total. The number of anilines is 1. The number of ether oxygens (including phenoxy) is 1. The Kier molecular flexibility index (Phi) is 7.13. The van der Waals surface area contributed by atoms with Gasteiger partial charge in [0.2, 0.25) is 0 Å². The number of nitrogen functional groups attached to an aromatic ring is 1. The van der Waals surface area contributed by atoms with E-state index in [2.05, 4.69) is 48.5 Å². The Bertz CT molecular complexity index is 863. The average Bonchev–Trinajstić information content (AvgIpc) is 3.02. The second-order valence-corrected chi connectivity index (χ2v) is 7.30. The average molecular weight is 390 g/mol. The summed E-state index contributed by atoms with van der Waals surface area (Å²) in [6.07, 6.45) is 2.30. The standard InChI is InChI=1S/C21H27N3O2.ClH/c1-21(2,11-15-12-23-19-9-5-3-7-17(15)19)24-13-16(25)14-26-20-10-6-4-8-18(20)22;/h3-10,12,16,23-25H,11,13-14,22H2,1-2H3;1H. The van der Waals surface area contributed by atoms with Gasteiger partial charge >= 0.3 is 0 Å². The summed E-state index contributed by atoms with van der Waals surface area (Å²) in [7, 11) is 0. The van der Waals surface area contributed by atoms with Crippen molar-refractivity contribution < 1.29 is 9.84 Å². The van der Waals surface area contributed by atoms with E-state index in [1.165, 1.54) is 10.9 Å². The van der Waals surface area contributed by atoms with E-state index < -0.39 is 6.10 Å². The summed E-state index contributed by atoms with van der Waals surface area (Å²) >= 11 is 0. The number of benzene rings is 2. The van der Waals surface area contributed by atoms with E-state index in [1.54, 1.807) is 12.1 Å². The highest BCUT2D eigenvalue weighted by molar-refractivity contribution is 5.85. The zero-order valence-electron chi connectivity index (χ0n) is 15.7. The Morgan fingerprint density at radius 3 is 2.63 bits per heavy atom. The number of aromatic amines is 1. The zero-order chi connectivity index (χ0) is 18.6. The molecule has 1 aromatic heterocycles. The van der Waals surface area contributed by atoms with Crippen LogP contribution in [-0.2, 0) is 6.42 Å². The number of β-amino-alcohol motifs (C(OH)–C–C–N with tert-alkyl or cyclic N) is 1. The highest BCUT2D eigenvalue weighted by Crippen LogP contribution is 2.22. The van der Waals surface area contributed by atoms with Crippen molar-refractivity contribution in [1.82, 2.24) is 10.3 Å². The number of nitrogens with two attached hydrogens (primary N) is 1. The predicted molar refractivity (Wildman–Crippen MR) is 114 cm³/mol. The number of H-pyrrole nitrogens is 1. The van der Waals surface area contributed by atoms with Crippen LogP contribution in [0.3, 0.4) is 0 Å². The van der Waals surface area contributed by atoms with Gasteiger partial charge in [-0.25, -0.2) is 0 Å². The number of nitrogens with one attached hydrogen (secondary N) is 2. The molecule has 0 saturated carbocycles. The van der Waals surface area contributed by atoms with Gasteiger partial charge < -0.3 is 25.9 Å². The summed E-state index contributed by atoms with van der Waals surface area (Å²) in [6, 6.07) is 15.6. The Hall–Kier alpha value is -2.21. The van der Waals surface area contributed by atoms with Gasteiger partial charge in [0.25, 0.3) is 0 Å². The van der Waals surface area contributed by atoms with Crippen LogP contribution in [0, 0.1) is 0 Å². The fourth-order valence-corrected chi connectivity index (χ4v) is 3.07. The van der Waals surface area contributed by atoms with Gasteiger partial charge in [0.05, 0.1) is 5.69 Å². The Morgan fingerprint density at radius 1 is 1.15 bits per heavy atom. The van der Waals surface area contributed by atoms with Gasteiger partial charge in [0.1, 0.15) is 18.5 Å². The lowest BCUT2D eigenvalue weighted by molar-refractivity contribution is 0.0992. The second-order valence-electron chi connectivity index (χ2n) is 7.30. The van der Waals surface area contributed by atoms with Gasteiger partial charge in [-0.05, 0) is 44.0 Å². The predicted octanol–water partition coefficient (Wildman–Crippen LogP) is 3.52. The summed E-state index contributed by atoms with van der Waals surface area (Å²) in [5.74, 6) is 0.601. The summed E-state index contributed by atoms with van der Waals surface area (Å²) in [6.45, 7) is 4.92. The van der Waals surface area contributed by atoms with Crippen molar-refractivity contribution in [3.05, 3.63) is 60.3 Å². The van der Waals surface area contributed by atoms with Crippen LogP contribution in [0.4, 0.5) is 5.69 Å². The van der Waals surface area contributed by atoms with Crippen molar-refractivity contribution in [2.45, 2.75) is 31.9 Å². The molecule has 3 aromatic rings. The molecule has 0 aliphatic rings. The number of aliphatic hydroxyl groups is 1. The maximum atomic E-state index is 10.2. The lowest BCUT2D eigenvalue weighted by Gasteiger charge is -2.28. The van der Waals surface area contributed by atoms with Crippen molar-refractivity contribution in [2.75, 3.05) is 18.9 Å². The van der Waals surface area contributed by atoms with E-state index in [1.807, 2.05) is 18.2 Å². The molecule has 0 aliphatic heterocycles. The molecule has 1 atom stereocenters. The molecule has 146 valence electrons. The third-order valence-corrected chi connectivity index (χ3v) is 4.47. The van der Waals surface area contributed by atoms with E-state index >= 15 is 0 Å². The SMILES string of the molecule is CC(C)(Cc1c[nH]c2ccccc12)NCC(O)COc1ccccc1N.Cl. The second kappa shape index (κ2) is 9.13. The molecule has 0 radical (unpaired) electrons. The summed E-state index contributed by atoms with van der Waals surface area (Å²) < 4.78 is 5.61. The quantitative estimate of drug-likeness (QED) is 0.444. The van der Waals surface area contributed by atoms with Crippen LogP contribution >= 0.6 is 12.4 Å². The number of fused-ring (bicyclic) bond motifs is 1. The maximum absolute atomic E-state index is 10.2. The van der Waals surface area contributed by atoms with Crippen LogP contribution in [-0.4, -0.2) is 34.9 Å². The number of aromatic nitrogens is 1. The molecule has 0 bridgehead atoms. The molecule has 2 aromatic carbocycles. The molecule has 5 nitrogen and oxygen atoms in total. The molecule has 3 rings (SSSR count). The van der Waals surface area contributed by atoms with Gasteiger partial charge in [-0.15, -0.1) is 12.4 Å². The number of halogens is 1. The van der Waals surface area contributed by atoms with Crippen LogP contribution < -0.4 is 15.8 Å². The van der Waals surface area contributed by atoms with Gasteiger partial charge in [-0.2, -0.15) is 0 Å². The molecular weight excluding hydrogens is 362 g/mol. The fourth-order valence-electron chi connectivity index (χ4n) is 3.07. The smallest absolute Gasteiger partial charge is 0.142 e. The molecule has 0 fully saturated rings. The molecule has 0 amide bonds. The minimum Gasteiger partial charge on any atom is -0.489 e. The van der Waals surface area contributed by atoms with E-state index in [0.29, 0.717) is 18.0 Å². The Morgan fingerprint density at radius 2 is 1.85 bits per heavy atom. The van der Waals surface area contributed by atoms with Crippen LogP contribution in [0.1, 0.15) is 19.4 Å². The summed E-state index contributed by atoms with van der Waals surface area (Å²) in [5, 5.41) is 14.9. The Labute approximate surface area is 166 Å². The highest BCUT2D eigenvalue weighted by Gasteiger charge is 2.21. The van der Waals surface area contributed by atoms with Gasteiger partial charge in [0.15, 0.2) is 0 Å². The lowest BCUT2D eigenvalue weighted by atomic mass is 9.94. The van der Waals surface area contributed by atoms with Crippen LogP contribution in [0.15, 0.2) is 54.7 Å². The van der Waals surface area contributed by atoms with Crippen molar-refractivity contribution >= 4 is 29.0 Å². The van der Waals surface area contributed by atoms with Crippen molar-refractivity contribution in [2.24, 2.45) is 0 Å². The highest BCUT2D eigenvalue weighted by atomic mass is 35.5. The first-order chi connectivity index (χ1) is 12.4. The summed E-state index contributed by atoms with van der Waals surface area (Å²) in [5.41, 5.74) is 8.68. The molecule has 1 heterocycles. The first-order valence-corrected chi connectivity index (χ1v) is 8.90. The molecule has 0 saturated heterocycles. The number of hydrogen-bond donors (Lipinski definition) is 4. The number of aliphatic hydroxyl groups excluding tert-OH is 1. The monoisotopic (exact) mass is 389 g/mol. The number of para-hydroxylation sites is 3. The third-order valence-electron chi connectivity index (χ3n) is 4.47. The van der Waals surface area contributed by atoms with E-state index in [9.17, 15) is 5.11 Å². The van der Waals surface area contributed by atoms with Gasteiger partial charge in [-0.1, -0.05) is 30.3 Å². The van der Waals surface area contributed by atoms with E-state index in [-0.39, 0.29) is 24.6 Å². The van der Waals surface area contributed by atoms with Gasteiger partial charge in [0, 0.05) is 29.2 Å². The largest absolute Gasteiger partial charge is 0.489 e. The number of hydrogen-bond acceptors (Lipinski definition) is 4. The minimum absolute atomic E-state index is 0. The zero-order valence-corrected chi connectivity index (χ0v) is 16.6. The van der Waals surface area contributed by atoms with Crippen molar-refractivity contribution in [1.29, 1.82) is 0 Å². The first kappa shape index (κ1) is 21.1. The summed E-state index contributed by atoms with van der Waals surface area (Å²) in [4.78, 5) is 3.31. The maximum Gasteiger partial charge on any atom is 0.142 e. The van der Waals surface area contributed by atoms with Crippen molar-refractivity contribution in [3.8, 4) is 5.75 Å². The molecular formula is C21H28ClN3O2. The van der Waals surface area contributed by atoms with Crippen LogP contribution in [0.2, 0.25) is 0 Å². The fraction of sp³-hybridized carbons (Fsp3) is 0.333. The van der Waals surface area contributed by atoms with E-state index in [4.69, 9.17) is 10.5 Å². The third kappa shape index (κ3) is 5.63. The molecule has 0 aliphatic carbocycles. The lowest BCUT2D eigenvalue weighted by Crippen LogP contribution is -2.46. The molecule has 27 heavy (non-hydrogen) atoms. The molecule has 6 heteroatoms. The van der Waals surface area contributed by atoms with Crippen LogP contribution in [0.5, 0.6) is 5.75 Å².